The molecule has 2 aromatic rings. The highest BCUT2D eigenvalue weighted by Gasteiger charge is 2.44. The van der Waals surface area contributed by atoms with Crippen molar-refractivity contribution in [3.63, 3.8) is 0 Å². The van der Waals surface area contributed by atoms with Gasteiger partial charge in [0.1, 0.15) is 11.5 Å². The molecule has 1 aliphatic carbocycles. The highest BCUT2D eigenvalue weighted by atomic mass is 35.5. The molecule has 3 atom stereocenters. The van der Waals surface area contributed by atoms with Crippen LogP contribution in [0, 0.1) is 5.92 Å². The van der Waals surface area contributed by atoms with Gasteiger partial charge in [-0.05, 0) is 67.0 Å². The van der Waals surface area contributed by atoms with Crippen LogP contribution in [0.5, 0.6) is 11.5 Å². The zero-order chi connectivity index (χ0) is 24.6. The Morgan fingerprint density at radius 3 is 2.83 bits per heavy atom. The molecule has 0 saturated carbocycles. The van der Waals surface area contributed by atoms with E-state index >= 15 is 0 Å². The van der Waals surface area contributed by atoms with E-state index in [1.807, 2.05) is 54.6 Å². The first-order valence-electron chi connectivity index (χ1n) is 11.6. The number of nitrogens with zero attached hydrogens (tertiary/aromatic N) is 1. The topological polar surface area (TPSA) is 86.2 Å². The smallest absolute Gasteiger partial charge is 0.415 e. The molecule has 2 heterocycles. The number of ether oxygens (including phenoxy) is 2. The van der Waals surface area contributed by atoms with E-state index in [0.29, 0.717) is 10.8 Å². The molecule has 1 N–H and O–H groups in total. The predicted molar refractivity (Wildman–Crippen MR) is 132 cm³/mol. The van der Waals surface area contributed by atoms with E-state index in [1.165, 1.54) is 0 Å². The van der Waals surface area contributed by atoms with E-state index in [1.54, 1.807) is 6.92 Å². The number of fused-ring (bicyclic) bond motifs is 1. The summed E-state index contributed by atoms with van der Waals surface area (Å²) in [5, 5.41) is 7.17. The Kier molecular flexibility index (Phi) is 6.11. The zero-order valence-corrected chi connectivity index (χ0v) is 20.2. The molecule has 5 rings (SSSR count). The molecule has 2 aromatic carbocycles. The molecule has 180 valence electrons. The second-order valence-corrected chi connectivity index (χ2v) is 9.49. The van der Waals surface area contributed by atoms with Crippen molar-refractivity contribution in [3.8, 4) is 11.5 Å². The summed E-state index contributed by atoms with van der Waals surface area (Å²) in [6.45, 7) is 3.72. The van der Waals surface area contributed by atoms with E-state index in [4.69, 9.17) is 25.9 Å². The van der Waals surface area contributed by atoms with Crippen LogP contribution < -0.4 is 10.1 Å². The molecule has 2 amide bonds. The van der Waals surface area contributed by atoms with Gasteiger partial charge in [-0.3, -0.25) is 10.1 Å². The SMILES string of the molecule is CCCc1cc(C2=NOC3C=C(Cl)C=CC23)ccc1Oc1cccc(C[C@@]2(C)OC(=O)NC2=O)c1. The number of imide groups is 1. The molecular formula is C27H25ClN2O5. The van der Waals surface area contributed by atoms with Gasteiger partial charge >= 0.3 is 6.09 Å². The number of hydrogen-bond acceptors (Lipinski definition) is 6. The first-order chi connectivity index (χ1) is 16.8. The maximum absolute atomic E-state index is 12.1. The normalized spacial score (nSPS) is 24.8. The minimum absolute atomic E-state index is 0.0266. The average molecular weight is 493 g/mol. The van der Waals surface area contributed by atoms with Crippen molar-refractivity contribution in [2.45, 2.75) is 44.8 Å². The summed E-state index contributed by atoms with van der Waals surface area (Å²) >= 11 is 6.11. The lowest BCUT2D eigenvalue weighted by molar-refractivity contribution is -0.129. The number of hydrogen-bond donors (Lipinski definition) is 1. The van der Waals surface area contributed by atoms with Gasteiger partial charge in [0.05, 0.1) is 11.6 Å². The molecule has 1 fully saturated rings. The Bertz CT molecular complexity index is 1280. The van der Waals surface area contributed by atoms with E-state index < -0.39 is 17.6 Å². The quantitative estimate of drug-likeness (QED) is 0.558. The van der Waals surface area contributed by atoms with Gasteiger partial charge in [0.2, 0.25) is 0 Å². The molecule has 3 aliphatic rings. The monoisotopic (exact) mass is 492 g/mol. The summed E-state index contributed by atoms with van der Waals surface area (Å²) < 4.78 is 11.5. The molecule has 0 spiro atoms. The Balaban J connectivity index is 1.36. The lowest BCUT2D eigenvalue weighted by Crippen LogP contribution is -2.38. The molecule has 2 aliphatic heterocycles. The summed E-state index contributed by atoms with van der Waals surface area (Å²) in [7, 11) is 0. The van der Waals surface area contributed by atoms with Gasteiger partial charge in [-0.15, -0.1) is 0 Å². The van der Waals surface area contributed by atoms with Crippen LogP contribution in [-0.4, -0.2) is 29.4 Å². The van der Waals surface area contributed by atoms with Crippen molar-refractivity contribution in [1.82, 2.24) is 5.32 Å². The first-order valence-corrected chi connectivity index (χ1v) is 12.0. The second kappa shape index (κ2) is 9.23. The van der Waals surface area contributed by atoms with Crippen LogP contribution in [0.2, 0.25) is 0 Å². The van der Waals surface area contributed by atoms with Gasteiger partial charge in [-0.1, -0.05) is 48.3 Å². The van der Waals surface area contributed by atoms with Crippen LogP contribution in [0.1, 0.15) is 37.0 Å². The third kappa shape index (κ3) is 4.68. The van der Waals surface area contributed by atoms with Crippen molar-refractivity contribution in [2.75, 3.05) is 0 Å². The minimum Gasteiger partial charge on any atom is -0.457 e. The van der Waals surface area contributed by atoms with Gasteiger partial charge < -0.3 is 14.3 Å². The van der Waals surface area contributed by atoms with Crippen molar-refractivity contribution < 1.29 is 23.9 Å². The standard InChI is InChI=1S/C27H25ClN2O5/c1-3-5-17-13-18(24-21-10-9-19(28)14-23(21)35-30-24)8-11-22(17)33-20-7-4-6-16(12-20)15-27(2)25(31)29-26(32)34-27/h4,6-14,21,23H,3,5,15H2,1-2H3,(H,29,31,32)/t21?,23?,27-/m1/s1. The number of nitrogens with one attached hydrogen (secondary N) is 1. The van der Waals surface area contributed by atoms with E-state index in [9.17, 15) is 9.59 Å². The van der Waals surface area contributed by atoms with Crippen LogP contribution in [0.15, 0.2) is 70.9 Å². The molecule has 0 radical (unpaired) electrons. The van der Waals surface area contributed by atoms with E-state index in [0.717, 1.165) is 41.0 Å². The van der Waals surface area contributed by atoms with Crippen LogP contribution in [-0.2, 0) is 27.2 Å². The number of amides is 2. The Morgan fingerprint density at radius 2 is 2.06 bits per heavy atom. The fourth-order valence-electron chi connectivity index (χ4n) is 4.54. The number of allylic oxidation sites excluding steroid dienone is 2. The highest BCUT2D eigenvalue weighted by molar-refractivity contribution is 6.31. The lowest BCUT2D eigenvalue weighted by Gasteiger charge is -2.20. The number of carbonyl (C=O) groups excluding carboxylic acids is 2. The van der Waals surface area contributed by atoms with Crippen LogP contribution in [0.3, 0.4) is 0 Å². The summed E-state index contributed by atoms with van der Waals surface area (Å²) in [5.41, 5.74) is 2.50. The van der Waals surface area contributed by atoms with E-state index in [2.05, 4.69) is 23.5 Å². The number of halogens is 1. The fraction of sp³-hybridized carbons (Fsp3) is 0.296. The fourth-order valence-corrected chi connectivity index (χ4v) is 4.74. The first kappa shape index (κ1) is 23.2. The van der Waals surface area contributed by atoms with Crippen molar-refractivity contribution in [3.05, 3.63) is 82.4 Å². The molecule has 2 unspecified atom stereocenters. The maximum Gasteiger partial charge on any atom is 0.415 e. The third-order valence-electron chi connectivity index (χ3n) is 6.29. The number of carbonyl (C=O) groups is 2. The summed E-state index contributed by atoms with van der Waals surface area (Å²) in [6, 6.07) is 13.5. The number of alkyl carbamates (subject to hydrolysis) is 1. The lowest BCUT2D eigenvalue weighted by atomic mass is 9.88. The molecule has 8 heteroatoms. The molecule has 35 heavy (non-hydrogen) atoms. The van der Waals surface area contributed by atoms with Gasteiger partial charge in [-0.2, -0.15) is 0 Å². The zero-order valence-electron chi connectivity index (χ0n) is 19.4. The molecule has 7 nitrogen and oxygen atoms in total. The summed E-state index contributed by atoms with van der Waals surface area (Å²) in [4.78, 5) is 29.2. The van der Waals surface area contributed by atoms with Crippen molar-refractivity contribution in [2.24, 2.45) is 11.1 Å². The number of benzene rings is 2. The predicted octanol–water partition coefficient (Wildman–Crippen LogP) is 5.41. The highest BCUT2D eigenvalue weighted by Crippen LogP contribution is 2.34. The molecule has 1 saturated heterocycles. The molecule has 0 aromatic heterocycles. The molecular weight excluding hydrogens is 468 g/mol. The van der Waals surface area contributed by atoms with Crippen LogP contribution in [0.25, 0.3) is 0 Å². The Morgan fingerprint density at radius 1 is 1.20 bits per heavy atom. The van der Waals surface area contributed by atoms with Crippen molar-refractivity contribution >= 4 is 29.3 Å². The van der Waals surface area contributed by atoms with E-state index in [-0.39, 0.29) is 18.4 Å². The van der Waals surface area contributed by atoms with Crippen molar-refractivity contribution in [1.29, 1.82) is 0 Å². The number of aryl methyl sites for hydroxylation is 1. The number of rotatable bonds is 7. The largest absolute Gasteiger partial charge is 0.457 e. The number of oxime groups is 1. The van der Waals surface area contributed by atoms with Crippen LogP contribution in [0.4, 0.5) is 4.79 Å². The van der Waals surface area contributed by atoms with Gasteiger partial charge in [0, 0.05) is 17.0 Å². The van der Waals surface area contributed by atoms with Gasteiger partial charge in [0.15, 0.2) is 11.7 Å². The van der Waals surface area contributed by atoms with Gasteiger partial charge in [0.25, 0.3) is 5.91 Å². The summed E-state index contributed by atoms with van der Waals surface area (Å²) in [6.07, 6.45) is 6.90. The average Bonchev–Trinajstić information content (AvgIpc) is 3.34. The van der Waals surface area contributed by atoms with Gasteiger partial charge in [-0.25, -0.2) is 4.79 Å². The summed E-state index contributed by atoms with van der Waals surface area (Å²) in [5.74, 6) is 0.972. The Hall–Kier alpha value is -3.58. The minimum atomic E-state index is -1.24. The maximum atomic E-state index is 12.1. The Labute approximate surface area is 208 Å². The number of cyclic esters (lactones) is 1. The molecule has 0 bridgehead atoms. The second-order valence-electron chi connectivity index (χ2n) is 9.06. The third-order valence-corrected chi connectivity index (χ3v) is 6.54. The van der Waals surface area contributed by atoms with Crippen LogP contribution >= 0.6 is 11.6 Å².